The van der Waals surface area contributed by atoms with Gasteiger partial charge in [-0.15, -0.1) is 11.8 Å². The number of fused-ring (bicyclic) bond motifs is 1. The van der Waals surface area contributed by atoms with Gasteiger partial charge >= 0.3 is 5.97 Å². The maximum Gasteiger partial charge on any atom is 0.306 e. The molecule has 0 bridgehead atoms. The topological polar surface area (TPSA) is 82.3 Å². The first kappa shape index (κ1) is 15.2. The summed E-state index contributed by atoms with van der Waals surface area (Å²) in [6.45, 7) is 1.92. The second kappa shape index (κ2) is 6.53. The molecule has 0 amide bonds. The highest BCUT2D eigenvalue weighted by Crippen LogP contribution is 2.27. The summed E-state index contributed by atoms with van der Waals surface area (Å²) in [5, 5.41) is 12.3. The highest BCUT2D eigenvalue weighted by Gasteiger charge is 2.12. The van der Waals surface area contributed by atoms with Crippen LogP contribution in [0.15, 0.2) is 35.4 Å². The van der Waals surface area contributed by atoms with Gasteiger partial charge in [0, 0.05) is 22.8 Å². The summed E-state index contributed by atoms with van der Waals surface area (Å²) in [7, 11) is 1.36. The first-order valence-electron chi connectivity index (χ1n) is 6.28. The lowest BCUT2D eigenvalue weighted by molar-refractivity contribution is -0.384. The Bertz CT molecular complexity index is 690. The summed E-state index contributed by atoms with van der Waals surface area (Å²) < 4.78 is 4.63. The van der Waals surface area contributed by atoms with Crippen LogP contribution in [0.1, 0.15) is 13.3 Å². The van der Waals surface area contributed by atoms with Crippen molar-refractivity contribution in [3.8, 4) is 0 Å². The molecular weight excluding hydrogens is 292 g/mol. The molecule has 0 aliphatic rings. The van der Waals surface area contributed by atoms with Gasteiger partial charge in [-0.25, -0.2) is 4.98 Å². The summed E-state index contributed by atoms with van der Waals surface area (Å²) in [5.74, 6) is -0.258. The van der Waals surface area contributed by atoms with E-state index in [0.717, 1.165) is 5.03 Å². The fourth-order valence-corrected chi connectivity index (χ4v) is 2.77. The van der Waals surface area contributed by atoms with Crippen molar-refractivity contribution in [3.05, 3.63) is 40.4 Å². The third-order valence-corrected chi connectivity index (χ3v) is 3.90. The van der Waals surface area contributed by atoms with E-state index in [1.807, 2.05) is 6.92 Å². The Morgan fingerprint density at radius 2 is 2.19 bits per heavy atom. The number of carbonyl (C=O) groups excluding carboxylic acids is 1. The van der Waals surface area contributed by atoms with E-state index < -0.39 is 4.92 Å². The number of esters is 1. The predicted octanol–water partition coefficient (Wildman–Crippen LogP) is 3.19. The van der Waals surface area contributed by atoms with E-state index in [2.05, 4.69) is 9.72 Å². The Morgan fingerprint density at radius 1 is 1.43 bits per heavy atom. The first-order valence-corrected chi connectivity index (χ1v) is 7.16. The highest BCUT2D eigenvalue weighted by molar-refractivity contribution is 7.99. The number of ether oxygens (including phenoxy) is 1. The van der Waals surface area contributed by atoms with Gasteiger partial charge in [-0.3, -0.25) is 14.9 Å². The Kier molecular flexibility index (Phi) is 4.74. The van der Waals surface area contributed by atoms with Crippen molar-refractivity contribution in [1.29, 1.82) is 0 Å². The number of rotatable bonds is 5. The van der Waals surface area contributed by atoms with Crippen LogP contribution in [-0.4, -0.2) is 28.2 Å². The van der Waals surface area contributed by atoms with Crippen molar-refractivity contribution >= 4 is 34.3 Å². The van der Waals surface area contributed by atoms with Gasteiger partial charge in [0.25, 0.3) is 5.69 Å². The van der Waals surface area contributed by atoms with E-state index in [1.54, 1.807) is 18.2 Å². The van der Waals surface area contributed by atoms with Crippen LogP contribution in [0.3, 0.4) is 0 Å². The Hall–Kier alpha value is -2.15. The van der Waals surface area contributed by atoms with Crippen LogP contribution in [0.4, 0.5) is 5.69 Å². The molecule has 1 aromatic heterocycles. The van der Waals surface area contributed by atoms with E-state index in [4.69, 9.17) is 0 Å². The van der Waals surface area contributed by atoms with Crippen LogP contribution in [0, 0.1) is 10.1 Å². The molecule has 0 saturated heterocycles. The van der Waals surface area contributed by atoms with Gasteiger partial charge in [-0.05, 0) is 18.2 Å². The van der Waals surface area contributed by atoms with E-state index in [1.165, 1.54) is 31.0 Å². The van der Waals surface area contributed by atoms with E-state index in [0.29, 0.717) is 17.3 Å². The molecular formula is C14H14N2O4S. The average Bonchev–Trinajstić information content (AvgIpc) is 2.46. The number of nitro benzene ring substituents is 1. The van der Waals surface area contributed by atoms with Gasteiger partial charge in [0.2, 0.25) is 0 Å². The average molecular weight is 306 g/mol. The molecule has 0 aliphatic carbocycles. The van der Waals surface area contributed by atoms with E-state index >= 15 is 0 Å². The molecule has 2 rings (SSSR count). The second-order valence-corrected chi connectivity index (χ2v) is 5.95. The number of carbonyl (C=O) groups is 1. The second-order valence-electron chi connectivity index (χ2n) is 4.49. The molecule has 1 atom stereocenters. The van der Waals surface area contributed by atoms with Crippen LogP contribution in [0.25, 0.3) is 10.9 Å². The maximum atomic E-state index is 11.2. The van der Waals surface area contributed by atoms with Crippen molar-refractivity contribution in [2.75, 3.05) is 7.11 Å². The van der Waals surface area contributed by atoms with Crippen LogP contribution in [0.5, 0.6) is 0 Å². The summed E-state index contributed by atoms with van der Waals surface area (Å²) in [6.07, 6.45) is 0.307. The summed E-state index contributed by atoms with van der Waals surface area (Å²) >= 11 is 1.47. The molecule has 0 saturated carbocycles. The van der Waals surface area contributed by atoms with E-state index in [-0.39, 0.29) is 16.9 Å². The number of nitro groups is 1. The molecule has 21 heavy (non-hydrogen) atoms. The van der Waals surface area contributed by atoms with Gasteiger partial charge in [-0.1, -0.05) is 6.92 Å². The zero-order chi connectivity index (χ0) is 15.4. The highest BCUT2D eigenvalue weighted by atomic mass is 32.2. The molecule has 0 aliphatic heterocycles. The molecule has 7 heteroatoms. The number of methoxy groups -OCH3 is 1. The number of hydrogen-bond donors (Lipinski definition) is 0. The summed E-state index contributed by atoms with van der Waals surface area (Å²) in [6, 6.07) is 8.14. The van der Waals surface area contributed by atoms with Crippen molar-refractivity contribution in [2.45, 2.75) is 23.6 Å². The lowest BCUT2D eigenvalue weighted by Crippen LogP contribution is -2.08. The minimum absolute atomic E-state index is 0.0421. The minimum Gasteiger partial charge on any atom is -0.469 e. The smallest absolute Gasteiger partial charge is 0.306 e. The third kappa shape index (κ3) is 3.91. The largest absolute Gasteiger partial charge is 0.469 e. The number of benzene rings is 1. The molecule has 1 aromatic carbocycles. The van der Waals surface area contributed by atoms with Gasteiger partial charge in [0.1, 0.15) is 0 Å². The molecule has 1 unspecified atom stereocenters. The van der Waals surface area contributed by atoms with Crippen molar-refractivity contribution in [2.24, 2.45) is 0 Å². The zero-order valence-corrected chi connectivity index (χ0v) is 12.4. The molecule has 110 valence electrons. The van der Waals surface area contributed by atoms with Crippen LogP contribution < -0.4 is 0 Å². The van der Waals surface area contributed by atoms with Crippen molar-refractivity contribution < 1.29 is 14.5 Å². The lowest BCUT2D eigenvalue weighted by atomic mass is 10.2. The third-order valence-electron chi connectivity index (χ3n) is 2.86. The maximum absolute atomic E-state index is 11.2. The number of non-ortho nitro benzene ring substituents is 1. The normalized spacial score (nSPS) is 12.1. The Balaban J connectivity index is 2.17. The fourth-order valence-electron chi connectivity index (χ4n) is 1.84. The molecule has 0 spiro atoms. The van der Waals surface area contributed by atoms with Crippen LogP contribution >= 0.6 is 11.8 Å². The van der Waals surface area contributed by atoms with Crippen LogP contribution in [0.2, 0.25) is 0 Å². The van der Waals surface area contributed by atoms with Gasteiger partial charge in [0.05, 0.1) is 29.0 Å². The molecule has 1 heterocycles. The standard InChI is InChI=1S/C14H14N2O4S/c1-9(7-14(17)20-2)21-13-6-3-10-8-11(16(18)19)4-5-12(10)15-13/h3-6,8-9H,7H2,1-2H3. The lowest BCUT2D eigenvalue weighted by Gasteiger charge is -2.09. The Morgan fingerprint density at radius 3 is 2.86 bits per heavy atom. The monoisotopic (exact) mass is 306 g/mol. The Labute approximate surface area is 125 Å². The van der Waals surface area contributed by atoms with Gasteiger partial charge in [0.15, 0.2) is 0 Å². The molecule has 0 fully saturated rings. The molecule has 6 nitrogen and oxygen atoms in total. The molecule has 2 aromatic rings. The minimum atomic E-state index is -0.430. The quantitative estimate of drug-likeness (QED) is 0.365. The van der Waals surface area contributed by atoms with Crippen molar-refractivity contribution in [3.63, 3.8) is 0 Å². The van der Waals surface area contributed by atoms with Gasteiger partial charge in [-0.2, -0.15) is 0 Å². The predicted molar refractivity (Wildman–Crippen MR) is 80.3 cm³/mol. The number of aromatic nitrogens is 1. The SMILES string of the molecule is COC(=O)CC(C)Sc1ccc2cc([N+](=O)[O-])ccc2n1. The number of nitrogens with zero attached hydrogens (tertiary/aromatic N) is 2. The van der Waals surface area contributed by atoms with Crippen molar-refractivity contribution in [1.82, 2.24) is 4.98 Å². The molecule has 0 radical (unpaired) electrons. The number of hydrogen-bond acceptors (Lipinski definition) is 6. The fraction of sp³-hybridized carbons (Fsp3) is 0.286. The first-order chi connectivity index (χ1) is 9.99. The van der Waals surface area contributed by atoms with Gasteiger partial charge < -0.3 is 4.74 Å². The van der Waals surface area contributed by atoms with E-state index in [9.17, 15) is 14.9 Å². The summed E-state index contributed by atoms with van der Waals surface area (Å²) in [5.41, 5.74) is 0.736. The van der Waals surface area contributed by atoms with Crippen LogP contribution in [-0.2, 0) is 9.53 Å². The summed E-state index contributed by atoms with van der Waals surface area (Å²) in [4.78, 5) is 25.9. The number of thioether (sulfide) groups is 1. The zero-order valence-electron chi connectivity index (χ0n) is 11.6. The number of pyridine rings is 1. The molecule has 0 N–H and O–H groups in total.